The first kappa shape index (κ1) is 49.2. The highest BCUT2D eigenvalue weighted by Crippen LogP contribution is 2.47. The maximum atomic E-state index is 15.5. The van der Waals surface area contributed by atoms with Gasteiger partial charge in [-0.05, 0) is 27.7 Å². The van der Waals surface area contributed by atoms with Gasteiger partial charge in [0.15, 0.2) is 47.1 Å². The summed E-state index contributed by atoms with van der Waals surface area (Å²) in [6, 6.07) is 0.258. The standard InChI is InChI=1S/C24H37FN7O5P.C15H20FN5O4/c1-13(2)21(33)29-24-28-20-19(22(34)30-24)27-12-31(20)23-18(25)16(7)17(37-23)11-36-38(35-10-9-26-8)32(14(3)4)15(5)6;1-6(2)12(23)19-15-18-11-10(13(24)20-15)17-5-21(11)14-9(16)7(3)8(4-22)25-14/h12-18,23H,9-11H2,1-7H3,(H2,28,29,30,33,34);5-9,14,22H,4H2,1-3H3,(H2,18,19,20,23,24)/t16-,17-,18-,23-,38?;7-,8-,9-,14-/m11/s1. The van der Waals surface area contributed by atoms with E-state index in [-0.39, 0.29) is 96.3 Å². The molecule has 2 amide bonds. The van der Waals surface area contributed by atoms with Gasteiger partial charge in [0.1, 0.15) is 6.61 Å². The van der Waals surface area contributed by atoms with E-state index in [1.807, 2.05) is 27.7 Å². The van der Waals surface area contributed by atoms with Crippen LogP contribution in [0, 0.1) is 30.2 Å². The van der Waals surface area contributed by atoms with Gasteiger partial charge in [0, 0.05) is 35.8 Å². The van der Waals surface area contributed by atoms with Crippen molar-refractivity contribution in [2.45, 2.75) is 118 Å². The number of H-pyrrole nitrogens is 2. The van der Waals surface area contributed by atoms with Crippen LogP contribution in [0.5, 0.6) is 0 Å². The molecule has 0 bridgehead atoms. The van der Waals surface area contributed by atoms with Crippen LogP contribution in [0.1, 0.15) is 81.7 Å². The van der Waals surface area contributed by atoms with E-state index in [9.17, 15) is 28.7 Å². The van der Waals surface area contributed by atoms with Crippen molar-refractivity contribution in [2.24, 2.45) is 23.7 Å². The Balaban J connectivity index is 0.000000258. The summed E-state index contributed by atoms with van der Waals surface area (Å²) in [6.45, 7) is 25.6. The molecule has 2 aliphatic heterocycles. The number of nitrogens with zero attached hydrogens (tertiary/aromatic N) is 8. The molecule has 6 heterocycles. The first-order chi connectivity index (χ1) is 29.8. The summed E-state index contributed by atoms with van der Waals surface area (Å²) in [5, 5.41) is 14.3. The lowest BCUT2D eigenvalue weighted by atomic mass is 10.0. The Morgan fingerprint density at radius 1 is 0.841 bits per heavy atom. The second-order valence-electron chi connectivity index (χ2n) is 16.5. The number of nitrogens with one attached hydrogen (secondary N) is 4. The molecule has 0 radical (unpaired) electrons. The molecule has 0 aromatic carbocycles. The van der Waals surface area contributed by atoms with Gasteiger partial charge in [0.2, 0.25) is 30.3 Å². The van der Waals surface area contributed by atoms with E-state index in [1.165, 1.54) is 21.8 Å². The summed E-state index contributed by atoms with van der Waals surface area (Å²) in [7, 11) is -1.50. The monoisotopic (exact) mass is 906 g/mol. The molecule has 24 heteroatoms. The van der Waals surface area contributed by atoms with E-state index >= 15 is 4.39 Å². The summed E-state index contributed by atoms with van der Waals surface area (Å²) < 4.78 is 58.6. The van der Waals surface area contributed by atoms with Gasteiger partial charge in [0.25, 0.3) is 19.6 Å². The summed E-state index contributed by atoms with van der Waals surface area (Å²) in [4.78, 5) is 73.4. The Kier molecular flexibility index (Phi) is 16.6. The fraction of sp³-hybridized carbons (Fsp3) is 0.667. The van der Waals surface area contributed by atoms with Crippen LogP contribution in [-0.4, -0.2) is 124 Å². The van der Waals surface area contributed by atoms with E-state index in [1.54, 1.807) is 41.5 Å². The quantitative estimate of drug-likeness (QED) is 0.0592. The number of amides is 2. The Hall–Kier alpha value is -4.82. The number of hydrogen-bond acceptors (Lipinski definition) is 14. The van der Waals surface area contributed by atoms with Crippen molar-refractivity contribution in [1.29, 1.82) is 0 Å². The van der Waals surface area contributed by atoms with Crippen molar-refractivity contribution in [3.05, 3.63) is 44.8 Å². The second-order valence-corrected chi connectivity index (χ2v) is 18.0. The van der Waals surface area contributed by atoms with E-state index in [2.05, 4.69) is 50.1 Å². The van der Waals surface area contributed by atoms with E-state index < -0.39 is 68.5 Å². The predicted molar refractivity (Wildman–Crippen MR) is 229 cm³/mol. The lowest BCUT2D eigenvalue weighted by molar-refractivity contribution is -0.119. The van der Waals surface area contributed by atoms with Crippen molar-refractivity contribution >= 4 is 54.6 Å². The minimum Gasteiger partial charge on any atom is -0.394 e. The van der Waals surface area contributed by atoms with Crippen LogP contribution in [0.15, 0.2) is 22.2 Å². The summed E-state index contributed by atoms with van der Waals surface area (Å²) in [5.74, 6) is -2.41. The average molecular weight is 907 g/mol. The number of aliphatic hydroxyl groups excluding tert-OH is 1. The van der Waals surface area contributed by atoms with Crippen molar-refractivity contribution in [1.82, 2.24) is 43.7 Å². The number of halogens is 2. The molecular formula is C39H57F2N12O9P. The normalized spacial score (nSPS) is 24.1. The predicted octanol–water partition coefficient (Wildman–Crippen LogP) is 4.46. The number of carbonyl (C=O) groups is 2. The van der Waals surface area contributed by atoms with Gasteiger partial charge in [-0.15, -0.1) is 0 Å². The van der Waals surface area contributed by atoms with Gasteiger partial charge in [-0.2, -0.15) is 9.97 Å². The fourth-order valence-electron chi connectivity index (χ4n) is 6.83. The highest BCUT2D eigenvalue weighted by molar-refractivity contribution is 7.44. The minimum atomic E-state index is -1.50. The molecule has 0 spiro atoms. The van der Waals surface area contributed by atoms with Gasteiger partial charge < -0.3 is 28.5 Å². The molecule has 1 unspecified atom stereocenters. The molecule has 21 nitrogen and oxygen atoms in total. The van der Waals surface area contributed by atoms with Gasteiger partial charge in [-0.3, -0.25) is 48.9 Å². The number of anilines is 2. The zero-order valence-corrected chi connectivity index (χ0v) is 37.8. The van der Waals surface area contributed by atoms with Crippen LogP contribution in [0.3, 0.4) is 0 Å². The van der Waals surface area contributed by atoms with Crippen molar-refractivity contribution in [2.75, 3.05) is 37.0 Å². The largest absolute Gasteiger partial charge is 0.394 e. The third-order valence-electron chi connectivity index (χ3n) is 10.5. The van der Waals surface area contributed by atoms with Gasteiger partial charge in [0.05, 0.1) is 38.1 Å². The van der Waals surface area contributed by atoms with Crippen molar-refractivity contribution in [3.63, 3.8) is 0 Å². The number of aromatic amines is 2. The van der Waals surface area contributed by atoms with Crippen LogP contribution < -0.4 is 21.8 Å². The number of aliphatic hydroxyl groups is 1. The number of fused-ring (bicyclic) bond motifs is 2. The summed E-state index contributed by atoms with van der Waals surface area (Å²) >= 11 is 0. The summed E-state index contributed by atoms with van der Waals surface area (Å²) in [5.41, 5.74) is -0.886. The lowest BCUT2D eigenvalue weighted by Crippen LogP contribution is -2.35. The molecule has 9 atom stereocenters. The van der Waals surface area contributed by atoms with Crippen LogP contribution in [0.4, 0.5) is 20.7 Å². The van der Waals surface area contributed by atoms with E-state index in [4.69, 9.17) is 25.1 Å². The average Bonchev–Trinajstić information content (AvgIpc) is 3.98. The van der Waals surface area contributed by atoms with Gasteiger partial charge in [-0.1, -0.05) is 41.5 Å². The summed E-state index contributed by atoms with van der Waals surface area (Å²) in [6.07, 6.45) is -3.66. The lowest BCUT2D eigenvalue weighted by Gasteiger charge is -2.35. The molecule has 0 saturated carbocycles. The minimum absolute atomic E-state index is 0.0111. The molecule has 5 N–H and O–H groups in total. The fourth-order valence-corrected chi connectivity index (χ4v) is 8.44. The SMILES string of the molecule is CC(C)C(=O)Nc1nc2c(ncn2[C@@H]2O[C@H](CO)[C@@H](C)[C@H]2F)c(=O)[nH]1.[C-]#[N+]CCOP(OC[C@H]1O[C@@H](n2cnc3c(=O)[nH]c(NC(=O)C(C)C)nc32)[C@H](F)[C@@H]1C)N(C(C)C)C(C)C. The third-order valence-corrected chi connectivity index (χ3v) is 12.6. The first-order valence-corrected chi connectivity index (χ1v) is 21.8. The highest BCUT2D eigenvalue weighted by Gasteiger charge is 2.46. The first-order valence-electron chi connectivity index (χ1n) is 20.7. The number of alkyl halides is 2. The number of rotatable bonds is 16. The number of ether oxygens (including phenoxy) is 2. The van der Waals surface area contributed by atoms with Crippen LogP contribution in [-0.2, 0) is 28.1 Å². The van der Waals surface area contributed by atoms with E-state index in [0.29, 0.717) is 0 Å². The number of imidazole rings is 2. The zero-order valence-electron chi connectivity index (χ0n) is 36.9. The molecule has 4 aromatic heterocycles. The van der Waals surface area contributed by atoms with Crippen LogP contribution in [0.25, 0.3) is 27.2 Å². The molecule has 2 saturated heterocycles. The second kappa shape index (κ2) is 21.2. The molecule has 2 aliphatic rings. The highest BCUT2D eigenvalue weighted by atomic mass is 31.2. The maximum Gasteiger partial charge on any atom is 0.280 e. The van der Waals surface area contributed by atoms with Crippen molar-refractivity contribution < 1.29 is 42.0 Å². The Morgan fingerprint density at radius 3 is 1.68 bits per heavy atom. The molecule has 0 aliphatic carbocycles. The molecule has 6 rings (SSSR count). The Bertz CT molecular complexity index is 2360. The molecular weight excluding hydrogens is 849 g/mol. The molecule has 4 aromatic rings. The molecule has 346 valence electrons. The molecule has 63 heavy (non-hydrogen) atoms. The van der Waals surface area contributed by atoms with Gasteiger partial charge in [-0.25, -0.2) is 30.0 Å². The topological polar surface area (TPSA) is 250 Å². The smallest absolute Gasteiger partial charge is 0.280 e. The Morgan fingerprint density at radius 2 is 1.29 bits per heavy atom. The van der Waals surface area contributed by atoms with E-state index in [0.717, 1.165) is 0 Å². The van der Waals surface area contributed by atoms with Crippen LogP contribution in [0.2, 0.25) is 0 Å². The maximum absolute atomic E-state index is 15.5. The number of hydrogen-bond donors (Lipinski definition) is 5. The zero-order chi connectivity index (χ0) is 46.4. The third kappa shape index (κ3) is 11.1. The van der Waals surface area contributed by atoms with Crippen LogP contribution >= 0.6 is 8.53 Å². The van der Waals surface area contributed by atoms with Gasteiger partial charge >= 0.3 is 0 Å². The number of aromatic nitrogens is 8. The Labute approximate surface area is 363 Å². The number of carbonyl (C=O) groups excluding carboxylic acids is 2. The van der Waals surface area contributed by atoms with Crippen molar-refractivity contribution in [3.8, 4) is 0 Å². The molecule has 2 fully saturated rings.